The summed E-state index contributed by atoms with van der Waals surface area (Å²) in [5, 5.41) is 0. The molecule has 2 atom stereocenters. The molecule has 1 saturated heterocycles. The number of methoxy groups -OCH3 is 1. The molecule has 7 nitrogen and oxygen atoms in total. The van der Waals surface area contributed by atoms with Gasteiger partial charge in [0.25, 0.3) is 0 Å². The molecule has 0 N–H and O–H groups in total. The normalized spacial score (nSPS) is 19.7. The zero-order chi connectivity index (χ0) is 20.4. The Morgan fingerprint density at radius 1 is 1.00 bits per heavy atom. The lowest BCUT2D eigenvalue weighted by Crippen LogP contribution is -2.20. The van der Waals surface area contributed by atoms with Crippen molar-refractivity contribution >= 4 is 11.9 Å². The average Bonchev–Trinajstić information content (AvgIpc) is 3.30. The molecule has 0 radical (unpaired) electrons. The van der Waals surface area contributed by atoms with Gasteiger partial charge in [0.2, 0.25) is 6.79 Å². The third-order valence-corrected chi connectivity index (χ3v) is 5.18. The monoisotopic (exact) mass is 398 g/mol. The van der Waals surface area contributed by atoms with E-state index in [4.69, 9.17) is 23.7 Å². The van der Waals surface area contributed by atoms with Crippen molar-refractivity contribution < 1.29 is 33.3 Å². The van der Waals surface area contributed by atoms with Crippen LogP contribution in [-0.4, -0.2) is 32.4 Å². The number of benzene rings is 2. The first-order valence-electron chi connectivity index (χ1n) is 9.44. The lowest BCUT2D eigenvalue weighted by molar-refractivity contribution is -0.141. The molecule has 0 aliphatic carbocycles. The van der Waals surface area contributed by atoms with E-state index in [0.29, 0.717) is 30.9 Å². The van der Waals surface area contributed by atoms with Crippen LogP contribution in [0.4, 0.5) is 0 Å². The second-order valence-electron chi connectivity index (χ2n) is 7.17. The SMILES string of the molecule is COc1cc(C[C@H]2C(=O)OC[C@@H]2Cc2ccc3c(c2)OCO3)ccc1OC(C)=O. The third kappa shape index (κ3) is 4.13. The van der Waals surface area contributed by atoms with Crippen LogP contribution in [0.25, 0.3) is 0 Å². The number of rotatable bonds is 6. The Morgan fingerprint density at radius 2 is 1.76 bits per heavy atom. The second kappa shape index (κ2) is 8.03. The van der Waals surface area contributed by atoms with Gasteiger partial charge < -0.3 is 23.7 Å². The quantitative estimate of drug-likeness (QED) is 0.547. The fraction of sp³-hybridized carbons (Fsp3) is 0.364. The van der Waals surface area contributed by atoms with Gasteiger partial charge in [0.15, 0.2) is 23.0 Å². The molecule has 2 heterocycles. The van der Waals surface area contributed by atoms with Crippen LogP contribution in [-0.2, 0) is 27.2 Å². The van der Waals surface area contributed by atoms with Gasteiger partial charge in [-0.3, -0.25) is 9.59 Å². The van der Waals surface area contributed by atoms with Gasteiger partial charge in [-0.25, -0.2) is 0 Å². The molecule has 0 unspecified atom stereocenters. The zero-order valence-electron chi connectivity index (χ0n) is 16.3. The number of carbonyl (C=O) groups is 2. The van der Waals surface area contributed by atoms with E-state index in [1.807, 2.05) is 24.3 Å². The molecule has 0 amide bonds. The Labute approximate surface area is 168 Å². The number of cyclic esters (lactones) is 1. The molecular weight excluding hydrogens is 376 g/mol. The predicted molar refractivity (Wildman–Crippen MR) is 102 cm³/mol. The molecule has 0 bridgehead atoms. The van der Waals surface area contributed by atoms with Crippen LogP contribution >= 0.6 is 0 Å². The summed E-state index contributed by atoms with van der Waals surface area (Å²) < 4.78 is 26.6. The Hall–Kier alpha value is -3.22. The summed E-state index contributed by atoms with van der Waals surface area (Å²) >= 11 is 0. The summed E-state index contributed by atoms with van der Waals surface area (Å²) in [5.74, 6) is 1.47. The number of ether oxygens (including phenoxy) is 5. The topological polar surface area (TPSA) is 80.3 Å². The van der Waals surface area contributed by atoms with Crippen molar-refractivity contribution in [2.75, 3.05) is 20.5 Å². The minimum absolute atomic E-state index is 0.0574. The first kappa shape index (κ1) is 19.1. The predicted octanol–water partition coefficient (Wildman–Crippen LogP) is 2.92. The Kier molecular flexibility index (Phi) is 5.29. The second-order valence-corrected chi connectivity index (χ2v) is 7.17. The molecule has 2 aromatic rings. The van der Waals surface area contributed by atoms with E-state index in [1.165, 1.54) is 14.0 Å². The highest BCUT2D eigenvalue weighted by atomic mass is 16.7. The van der Waals surface area contributed by atoms with Crippen LogP contribution in [0, 0.1) is 11.8 Å². The number of hydrogen-bond donors (Lipinski definition) is 0. The molecule has 0 saturated carbocycles. The number of fused-ring (bicyclic) bond motifs is 1. The lowest BCUT2D eigenvalue weighted by Gasteiger charge is -2.17. The summed E-state index contributed by atoms with van der Waals surface area (Å²) in [4.78, 5) is 23.6. The minimum atomic E-state index is -0.417. The third-order valence-electron chi connectivity index (χ3n) is 5.18. The number of carbonyl (C=O) groups excluding carboxylic acids is 2. The van der Waals surface area contributed by atoms with Gasteiger partial charge in [0.05, 0.1) is 19.6 Å². The molecule has 0 aromatic heterocycles. The van der Waals surface area contributed by atoms with Crippen molar-refractivity contribution in [3.63, 3.8) is 0 Å². The van der Waals surface area contributed by atoms with E-state index in [0.717, 1.165) is 22.6 Å². The maximum Gasteiger partial charge on any atom is 0.309 e. The smallest absolute Gasteiger partial charge is 0.309 e. The van der Waals surface area contributed by atoms with Crippen LogP contribution in [0.15, 0.2) is 36.4 Å². The molecular formula is C22H22O7. The van der Waals surface area contributed by atoms with Gasteiger partial charge in [-0.2, -0.15) is 0 Å². The van der Waals surface area contributed by atoms with E-state index in [2.05, 4.69) is 0 Å². The van der Waals surface area contributed by atoms with Gasteiger partial charge >= 0.3 is 11.9 Å². The van der Waals surface area contributed by atoms with Gasteiger partial charge in [-0.1, -0.05) is 12.1 Å². The van der Waals surface area contributed by atoms with E-state index >= 15 is 0 Å². The number of hydrogen-bond acceptors (Lipinski definition) is 7. The van der Waals surface area contributed by atoms with Crippen molar-refractivity contribution in [1.29, 1.82) is 0 Å². The highest BCUT2D eigenvalue weighted by Gasteiger charge is 2.37. The summed E-state index contributed by atoms with van der Waals surface area (Å²) in [5.41, 5.74) is 1.99. The summed E-state index contributed by atoms with van der Waals surface area (Å²) in [6, 6.07) is 11.2. The van der Waals surface area contributed by atoms with Crippen LogP contribution in [0.3, 0.4) is 0 Å². The molecule has 0 spiro atoms. The summed E-state index contributed by atoms with van der Waals surface area (Å²) in [7, 11) is 1.51. The first-order valence-corrected chi connectivity index (χ1v) is 9.44. The van der Waals surface area contributed by atoms with Gasteiger partial charge in [0, 0.05) is 12.8 Å². The van der Waals surface area contributed by atoms with Crippen LogP contribution in [0.1, 0.15) is 18.1 Å². The van der Waals surface area contributed by atoms with Crippen LogP contribution in [0.2, 0.25) is 0 Å². The highest BCUT2D eigenvalue weighted by molar-refractivity contribution is 5.75. The summed E-state index contributed by atoms with van der Waals surface area (Å²) in [6.07, 6.45) is 1.22. The van der Waals surface area contributed by atoms with Crippen molar-refractivity contribution in [3.05, 3.63) is 47.5 Å². The largest absolute Gasteiger partial charge is 0.493 e. The van der Waals surface area contributed by atoms with Crippen LogP contribution < -0.4 is 18.9 Å². The standard InChI is InChI=1S/C22H22O7/c1-13(23)29-19-6-4-15(9-20(19)25-2)8-17-16(11-26-22(17)24)7-14-3-5-18-21(10-14)28-12-27-18/h3-6,9-10,16-17H,7-8,11-12H2,1-2H3/t16-,17+/m0/s1. The van der Waals surface area contributed by atoms with Crippen molar-refractivity contribution in [2.45, 2.75) is 19.8 Å². The zero-order valence-corrected chi connectivity index (χ0v) is 16.3. The molecule has 7 heteroatoms. The molecule has 29 heavy (non-hydrogen) atoms. The fourth-order valence-electron chi connectivity index (χ4n) is 3.76. The molecule has 2 aromatic carbocycles. The molecule has 2 aliphatic heterocycles. The Balaban J connectivity index is 1.49. The minimum Gasteiger partial charge on any atom is -0.493 e. The van der Waals surface area contributed by atoms with Crippen molar-refractivity contribution in [2.24, 2.45) is 11.8 Å². The van der Waals surface area contributed by atoms with Gasteiger partial charge in [-0.15, -0.1) is 0 Å². The number of esters is 2. The first-order chi connectivity index (χ1) is 14.0. The molecule has 2 aliphatic rings. The van der Waals surface area contributed by atoms with E-state index in [9.17, 15) is 9.59 Å². The maximum absolute atomic E-state index is 12.4. The van der Waals surface area contributed by atoms with Crippen molar-refractivity contribution in [3.8, 4) is 23.0 Å². The van der Waals surface area contributed by atoms with E-state index in [1.54, 1.807) is 12.1 Å². The van der Waals surface area contributed by atoms with Gasteiger partial charge in [0.1, 0.15) is 0 Å². The van der Waals surface area contributed by atoms with E-state index in [-0.39, 0.29) is 24.6 Å². The van der Waals surface area contributed by atoms with E-state index < -0.39 is 5.97 Å². The lowest BCUT2D eigenvalue weighted by atomic mass is 9.85. The average molecular weight is 398 g/mol. The fourth-order valence-corrected chi connectivity index (χ4v) is 3.76. The van der Waals surface area contributed by atoms with Crippen LogP contribution in [0.5, 0.6) is 23.0 Å². The molecule has 4 rings (SSSR count). The Morgan fingerprint density at radius 3 is 2.55 bits per heavy atom. The molecule has 152 valence electrons. The Bertz CT molecular complexity index is 937. The highest BCUT2D eigenvalue weighted by Crippen LogP contribution is 2.36. The maximum atomic E-state index is 12.4. The van der Waals surface area contributed by atoms with Gasteiger partial charge in [-0.05, 0) is 48.2 Å². The molecule has 1 fully saturated rings. The van der Waals surface area contributed by atoms with Crippen molar-refractivity contribution in [1.82, 2.24) is 0 Å². The summed E-state index contributed by atoms with van der Waals surface area (Å²) in [6.45, 7) is 1.96.